The second kappa shape index (κ2) is 7.27. The molecule has 1 unspecified atom stereocenters. The van der Waals surface area contributed by atoms with E-state index in [0.29, 0.717) is 17.9 Å². The summed E-state index contributed by atoms with van der Waals surface area (Å²) in [7, 11) is -2.95. The number of amides is 1. The third-order valence-electron chi connectivity index (χ3n) is 4.20. The highest BCUT2D eigenvalue weighted by atomic mass is 32.2. The smallest absolute Gasteiger partial charge is 0.224 e. The van der Waals surface area contributed by atoms with Gasteiger partial charge in [0.2, 0.25) is 5.91 Å². The van der Waals surface area contributed by atoms with E-state index in [1.807, 2.05) is 31.2 Å². The Bertz CT molecular complexity index is 842. The van der Waals surface area contributed by atoms with Crippen LogP contribution in [0.2, 0.25) is 0 Å². The van der Waals surface area contributed by atoms with Crippen LogP contribution in [0.3, 0.4) is 0 Å². The number of aryl methyl sites for hydroxylation is 1. The number of ether oxygens (including phenoxy) is 1. The minimum atomic E-state index is -2.95. The molecule has 3 rings (SSSR count). The summed E-state index contributed by atoms with van der Waals surface area (Å²) in [5.41, 5.74) is 1.84. The summed E-state index contributed by atoms with van der Waals surface area (Å²) in [4.78, 5) is 12.1. The predicted molar refractivity (Wildman–Crippen MR) is 97.7 cm³/mol. The SMILES string of the molecule is Cc1ccc(Oc2ccc(NC(=O)CC3CCS(=O)(=O)C3)cc2)cc1. The van der Waals surface area contributed by atoms with Crippen molar-refractivity contribution in [1.29, 1.82) is 0 Å². The van der Waals surface area contributed by atoms with Crippen molar-refractivity contribution in [2.75, 3.05) is 16.8 Å². The maximum Gasteiger partial charge on any atom is 0.224 e. The molecule has 1 saturated heterocycles. The van der Waals surface area contributed by atoms with Crippen molar-refractivity contribution in [3.63, 3.8) is 0 Å². The molecule has 1 amide bonds. The van der Waals surface area contributed by atoms with Crippen molar-refractivity contribution in [2.24, 2.45) is 5.92 Å². The van der Waals surface area contributed by atoms with Crippen LogP contribution >= 0.6 is 0 Å². The molecule has 0 bridgehead atoms. The van der Waals surface area contributed by atoms with Crippen molar-refractivity contribution in [3.8, 4) is 11.5 Å². The van der Waals surface area contributed by atoms with E-state index in [4.69, 9.17) is 4.74 Å². The van der Waals surface area contributed by atoms with Crippen LogP contribution in [-0.2, 0) is 14.6 Å². The molecule has 25 heavy (non-hydrogen) atoms. The van der Waals surface area contributed by atoms with Crippen LogP contribution in [0.1, 0.15) is 18.4 Å². The zero-order valence-corrected chi connectivity index (χ0v) is 14.9. The van der Waals surface area contributed by atoms with Crippen LogP contribution in [-0.4, -0.2) is 25.8 Å². The van der Waals surface area contributed by atoms with Crippen molar-refractivity contribution >= 4 is 21.4 Å². The zero-order valence-electron chi connectivity index (χ0n) is 14.1. The maximum atomic E-state index is 12.1. The van der Waals surface area contributed by atoms with E-state index >= 15 is 0 Å². The minimum Gasteiger partial charge on any atom is -0.457 e. The Morgan fingerprint density at radius 3 is 2.24 bits per heavy atom. The summed E-state index contributed by atoms with van der Waals surface area (Å²) in [6, 6.07) is 14.9. The monoisotopic (exact) mass is 359 g/mol. The van der Waals surface area contributed by atoms with E-state index in [1.165, 1.54) is 5.56 Å². The van der Waals surface area contributed by atoms with Gasteiger partial charge >= 0.3 is 0 Å². The van der Waals surface area contributed by atoms with Crippen LogP contribution in [0.15, 0.2) is 48.5 Å². The lowest BCUT2D eigenvalue weighted by Gasteiger charge is -2.10. The second-order valence-corrected chi connectivity index (χ2v) is 8.69. The molecule has 1 heterocycles. The molecular weight excluding hydrogens is 338 g/mol. The van der Waals surface area contributed by atoms with Crippen LogP contribution in [0.5, 0.6) is 11.5 Å². The van der Waals surface area contributed by atoms with Gasteiger partial charge in [-0.25, -0.2) is 8.42 Å². The fraction of sp³-hybridized carbons (Fsp3) is 0.316. The first-order chi connectivity index (χ1) is 11.9. The Morgan fingerprint density at radius 2 is 1.68 bits per heavy atom. The van der Waals surface area contributed by atoms with E-state index in [9.17, 15) is 13.2 Å². The van der Waals surface area contributed by atoms with Crippen LogP contribution < -0.4 is 10.1 Å². The average Bonchev–Trinajstić information content (AvgIpc) is 2.90. The molecule has 1 N–H and O–H groups in total. The fourth-order valence-electron chi connectivity index (χ4n) is 2.86. The van der Waals surface area contributed by atoms with Gasteiger partial charge in [-0.15, -0.1) is 0 Å². The van der Waals surface area contributed by atoms with E-state index < -0.39 is 9.84 Å². The molecule has 132 valence electrons. The highest BCUT2D eigenvalue weighted by molar-refractivity contribution is 7.91. The highest BCUT2D eigenvalue weighted by Gasteiger charge is 2.29. The van der Waals surface area contributed by atoms with Gasteiger partial charge in [0, 0.05) is 12.1 Å². The summed E-state index contributed by atoms with van der Waals surface area (Å²) in [6.45, 7) is 2.02. The Labute approximate surface area is 147 Å². The number of anilines is 1. The van der Waals surface area contributed by atoms with Crippen molar-refractivity contribution in [1.82, 2.24) is 0 Å². The lowest BCUT2D eigenvalue weighted by molar-refractivity contribution is -0.116. The van der Waals surface area contributed by atoms with Crippen molar-refractivity contribution in [2.45, 2.75) is 19.8 Å². The first kappa shape index (κ1) is 17.5. The molecule has 6 heteroatoms. The maximum absolute atomic E-state index is 12.1. The fourth-order valence-corrected chi connectivity index (χ4v) is 4.72. The molecule has 1 aliphatic heterocycles. The van der Waals surface area contributed by atoms with Gasteiger partial charge in [0.05, 0.1) is 11.5 Å². The van der Waals surface area contributed by atoms with Gasteiger partial charge in [0.25, 0.3) is 0 Å². The van der Waals surface area contributed by atoms with Crippen LogP contribution in [0, 0.1) is 12.8 Å². The third kappa shape index (κ3) is 5.06. The quantitative estimate of drug-likeness (QED) is 0.886. The van der Waals surface area contributed by atoms with Crippen LogP contribution in [0.4, 0.5) is 5.69 Å². The van der Waals surface area contributed by atoms with Gasteiger partial charge in [0.1, 0.15) is 11.5 Å². The number of nitrogens with one attached hydrogen (secondary N) is 1. The van der Waals surface area contributed by atoms with Gasteiger partial charge in [-0.05, 0) is 55.7 Å². The van der Waals surface area contributed by atoms with E-state index in [1.54, 1.807) is 24.3 Å². The average molecular weight is 359 g/mol. The Hall–Kier alpha value is -2.34. The van der Waals surface area contributed by atoms with E-state index in [-0.39, 0.29) is 29.8 Å². The molecular formula is C19H21NO4S. The Morgan fingerprint density at radius 1 is 1.08 bits per heavy atom. The number of carbonyl (C=O) groups is 1. The first-order valence-electron chi connectivity index (χ1n) is 8.24. The lowest BCUT2D eigenvalue weighted by atomic mass is 10.1. The van der Waals surface area contributed by atoms with Gasteiger partial charge in [-0.2, -0.15) is 0 Å². The molecule has 0 aromatic heterocycles. The van der Waals surface area contributed by atoms with Crippen LogP contribution in [0.25, 0.3) is 0 Å². The lowest BCUT2D eigenvalue weighted by Crippen LogP contribution is -2.17. The molecule has 1 atom stereocenters. The summed E-state index contributed by atoms with van der Waals surface area (Å²) in [5, 5.41) is 2.81. The highest BCUT2D eigenvalue weighted by Crippen LogP contribution is 2.25. The van der Waals surface area contributed by atoms with Gasteiger partial charge < -0.3 is 10.1 Å². The number of sulfone groups is 1. The number of hydrogen-bond acceptors (Lipinski definition) is 4. The molecule has 0 saturated carbocycles. The molecule has 2 aromatic rings. The topological polar surface area (TPSA) is 72.5 Å². The Kier molecular flexibility index (Phi) is 5.08. The number of benzene rings is 2. The predicted octanol–water partition coefficient (Wildman–Crippen LogP) is 3.55. The summed E-state index contributed by atoms with van der Waals surface area (Å²) >= 11 is 0. The molecule has 2 aromatic carbocycles. The van der Waals surface area contributed by atoms with Crippen molar-refractivity contribution in [3.05, 3.63) is 54.1 Å². The number of hydrogen-bond donors (Lipinski definition) is 1. The standard InChI is InChI=1S/C19H21NO4S/c1-14-2-6-17(7-3-14)24-18-8-4-16(5-9-18)20-19(21)12-15-10-11-25(22,23)13-15/h2-9,15H,10-13H2,1H3,(H,20,21). The van der Waals surface area contributed by atoms with Gasteiger partial charge in [-0.1, -0.05) is 17.7 Å². The summed E-state index contributed by atoms with van der Waals surface area (Å²) < 4.78 is 28.6. The van der Waals surface area contributed by atoms with E-state index in [2.05, 4.69) is 5.32 Å². The van der Waals surface area contributed by atoms with Crippen molar-refractivity contribution < 1.29 is 17.9 Å². The third-order valence-corrected chi connectivity index (χ3v) is 6.03. The summed E-state index contributed by atoms with van der Waals surface area (Å²) in [5.74, 6) is 1.51. The van der Waals surface area contributed by atoms with Gasteiger partial charge in [-0.3, -0.25) is 4.79 Å². The van der Waals surface area contributed by atoms with Gasteiger partial charge in [0.15, 0.2) is 9.84 Å². The molecule has 5 nitrogen and oxygen atoms in total. The largest absolute Gasteiger partial charge is 0.457 e. The molecule has 0 radical (unpaired) electrons. The number of rotatable bonds is 5. The molecule has 0 aliphatic carbocycles. The first-order valence-corrected chi connectivity index (χ1v) is 10.1. The molecule has 1 fully saturated rings. The zero-order chi connectivity index (χ0) is 17.9. The van der Waals surface area contributed by atoms with E-state index in [0.717, 1.165) is 5.75 Å². The molecule has 1 aliphatic rings. The second-order valence-electron chi connectivity index (χ2n) is 6.46. The molecule has 0 spiro atoms. The summed E-state index contributed by atoms with van der Waals surface area (Å²) in [6.07, 6.45) is 0.805. The number of carbonyl (C=O) groups excluding carboxylic acids is 1. The minimum absolute atomic E-state index is 0.0749. The Balaban J connectivity index is 1.53. The normalized spacial score (nSPS) is 18.7.